The van der Waals surface area contributed by atoms with Gasteiger partial charge in [-0.3, -0.25) is 0 Å². The Hall–Kier alpha value is -10.9. The van der Waals surface area contributed by atoms with Crippen LogP contribution in [0, 0.1) is 0 Å². The lowest BCUT2D eigenvalue weighted by Gasteiger charge is -2.16. The minimum atomic E-state index is -0.629. The van der Waals surface area contributed by atoms with Crippen LogP contribution in [0.2, 0.25) is 0 Å². The number of benzene rings is 10. The van der Waals surface area contributed by atoms with Gasteiger partial charge in [-0.1, -0.05) is 158 Å². The summed E-state index contributed by atoms with van der Waals surface area (Å²) >= 11 is 0. The van der Waals surface area contributed by atoms with Crippen molar-refractivity contribution in [3.63, 3.8) is 0 Å². The fourth-order valence-electron chi connectivity index (χ4n) is 11.3. The molecule has 0 amide bonds. The molecule has 10 aromatic rings. The van der Waals surface area contributed by atoms with Crippen molar-refractivity contribution >= 4 is 67.0 Å². The van der Waals surface area contributed by atoms with Crippen LogP contribution in [0.5, 0.6) is 23.0 Å². The minimum absolute atomic E-state index is 0.185. The summed E-state index contributed by atoms with van der Waals surface area (Å²) in [5, 5.41) is 6.82. The second-order valence-electron chi connectivity index (χ2n) is 20.9. The van der Waals surface area contributed by atoms with Crippen molar-refractivity contribution < 1.29 is 38.1 Å². The van der Waals surface area contributed by atoms with E-state index in [1.54, 1.807) is 48.6 Å². The zero-order valence-electron chi connectivity index (χ0n) is 48.5. The zero-order valence-corrected chi connectivity index (χ0v) is 48.5. The van der Waals surface area contributed by atoms with Crippen molar-refractivity contribution in [1.82, 2.24) is 0 Å². The van der Waals surface area contributed by atoms with Crippen LogP contribution in [0.15, 0.2) is 264 Å². The Labute approximate surface area is 507 Å². The fourth-order valence-corrected chi connectivity index (χ4v) is 11.3. The molecule has 0 saturated heterocycles. The number of allylic oxidation sites excluding steroid dienone is 7. The first-order chi connectivity index (χ1) is 42.5. The van der Waals surface area contributed by atoms with Gasteiger partial charge in [-0.15, -0.1) is 45.2 Å². The minimum Gasteiger partial charge on any atom is -0.422 e. The first-order valence-corrected chi connectivity index (χ1v) is 28.8. The molecule has 8 nitrogen and oxygen atoms in total. The third kappa shape index (κ3) is 13.1. The molecule has 0 radical (unpaired) electrons. The molecule has 87 heavy (non-hydrogen) atoms. The average Bonchev–Trinajstić information content (AvgIpc) is 1.64. The highest BCUT2D eigenvalue weighted by Crippen LogP contribution is 2.39. The molecule has 0 aromatic heterocycles. The van der Waals surface area contributed by atoms with E-state index in [0.717, 1.165) is 87.6 Å². The maximum Gasteiger partial charge on any atom is 0.343 e. The fraction of sp³-hybridized carbons (Fsp3) is 0.101. The van der Waals surface area contributed by atoms with Crippen molar-refractivity contribution in [2.45, 2.75) is 51.4 Å². The molecular formula is C79H64O8. The van der Waals surface area contributed by atoms with E-state index < -0.39 is 23.9 Å². The molecule has 0 spiro atoms. The molecule has 8 heteroatoms. The predicted molar refractivity (Wildman–Crippen MR) is 352 cm³/mol. The first-order valence-electron chi connectivity index (χ1n) is 28.8. The number of hydrogen-bond acceptors (Lipinski definition) is 8. The van der Waals surface area contributed by atoms with Gasteiger partial charge in [-0.05, 0) is 178 Å². The van der Waals surface area contributed by atoms with E-state index in [4.69, 9.17) is 18.9 Å². The Bertz CT molecular complexity index is 4490. The normalized spacial score (nSPS) is 10.9. The number of fused-ring (bicyclic) bond motifs is 4. The van der Waals surface area contributed by atoms with Gasteiger partial charge in [0, 0.05) is 21.5 Å². The molecule has 0 heterocycles. The van der Waals surface area contributed by atoms with Gasteiger partial charge in [0.15, 0.2) is 0 Å². The van der Waals surface area contributed by atoms with Crippen LogP contribution in [0.1, 0.15) is 85.9 Å². The van der Waals surface area contributed by atoms with Gasteiger partial charge in [0.05, 0.1) is 22.3 Å². The van der Waals surface area contributed by atoms with Gasteiger partial charge in [0.2, 0.25) is 0 Å². The number of rotatable bonds is 24. The van der Waals surface area contributed by atoms with Crippen molar-refractivity contribution in [3.05, 3.63) is 330 Å². The lowest BCUT2D eigenvalue weighted by Crippen LogP contribution is -2.14. The number of ether oxygens (including phenoxy) is 4. The van der Waals surface area contributed by atoms with Gasteiger partial charge in [0.1, 0.15) is 23.0 Å². The number of hydrogen-bond donors (Lipinski definition) is 0. The largest absolute Gasteiger partial charge is 0.422 e. The molecular weight excluding hydrogens is 1080 g/mol. The molecule has 0 saturated carbocycles. The maximum absolute atomic E-state index is 14.1. The Kier molecular flexibility index (Phi) is 18.8. The molecule has 10 aromatic carbocycles. The maximum atomic E-state index is 14.1. The lowest BCUT2D eigenvalue weighted by atomic mass is 9.94. The van der Waals surface area contributed by atoms with E-state index in [0.29, 0.717) is 74.4 Å². The van der Waals surface area contributed by atoms with Crippen molar-refractivity contribution in [2.24, 2.45) is 0 Å². The Morgan fingerprint density at radius 2 is 0.621 bits per heavy atom. The van der Waals surface area contributed by atoms with Crippen LogP contribution in [0.3, 0.4) is 0 Å². The molecule has 0 fully saturated rings. The Balaban J connectivity index is 0.855. The summed E-state index contributed by atoms with van der Waals surface area (Å²) in [4.78, 5) is 55.9. The molecule has 0 bridgehead atoms. The second-order valence-corrected chi connectivity index (χ2v) is 20.9. The van der Waals surface area contributed by atoms with E-state index in [9.17, 15) is 19.2 Å². The third-order valence-electron chi connectivity index (χ3n) is 15.2. The molecule has 0 atom stereocenters. The molecule has 0 aliphatic carbocycles. The molecule has 10 rings (SSSR count). The number of esters is 4. The zero-order chi connectivity index (χ0) is 60.8. The van der Waals surface area contributed by atoms with E-state index in [1.807, 2.05) is 158 Å². The highest BCUT2D eigenvalue weighted by Gasteiger charge is 2.23. The molecule has 428 valence electrons. The highest BCUT2D eigenvalue weighted by atomic mass is 16.5. The Morgan fingerprint density at radius 1 is 0.299 bits per heavy atom. The molecule has 0 unspecified atom stereocenters. The third-order valence-corrected chi connectivity index (χ3v) is 15.2. The van der Waals surface area contributed by atoms with Crippen LogP contribution >= 0.6 is 0 Å². The summed E-state index contributed by atoms with van der Waals surface area (Å²) < 4.78 is 24.7. The van der Waals surface area contributed by atoms with E-state index in [2.05, 4.69) is 45.2 Å². The van der Waals surface area contributed by atoms with E-state index >= 15 is 0 Å². The van der Waals surface area contributed by atoms with Crippen LogP contribution in [0.4, 0.5) is 0 Å². The SMILES string of the molecule is C=CCc1cc(OC(=O)c2cccc(C(=O)Oc3cc(CC=C)c(CC=C=CCc4cc(CC=C)c(OC(=O)c5cccc(C(=O)Oc6c(CC=C)cc(CC=C)c7ccccc67)c5)c5ccccc45)c4ccccc34)c2)c2ccccc2c1CC=C. The Morgan fingerprint density at radius 3 is 1.03 bits per heavy atom. The topological polar surface area (TPSA) is 105 Å². The predicted octanol–water partition coefficient (Wildman–Crippen LogP) is 18.0. The van der Waals surface area contributed by atoms with Gasteiger partial charge in [0.25, 0.3) is 0 Å². The summed E-state index contributed by atoms with van der Waals surface area (Å²) in [5.74, 6) is -0.834. The van der Waals surface area contributed by atoms with Crippen LogP contribution in [-0.2, 0) is 51.4 Å². The lowest BCUT2D eigenvalue weighted by molar-refractivity contribution is 0.0717. The van der Waals surface area contributed by atoms with Crippen molar-refractivity contribution in [1.29, 1.82) is 0 Å². The quantitative estimate of drug-likeness (QED) is 0.0255. The molecule has 0 N–H and O–H groups in total. The summed E-state index contributed by atoms with van der Waals surface area (Å²) in [5.41, 5.74) is 11.9. The van der Waals surface area contributed by atoms with Crippen LogP contribution in [-0.4, -0.2) is 23.9 Å². The standard InChI is InChI=1S/C79H64O8/c1-7-26-52-46-56(29-10-4)74(70-44-22-16-38-64(52)70)86-78(82)60-35-25-36-61(49-60)79(83)87-75-57(30-11-5)47-55(65-39-17-23-45-71(65)75)32-14-13-15-37-63-54(28-9-3)51-73(69-43-21-19-41-67(63)69)85-77(81)59-34-24-33-58(48-59)76(80)84-72-50-53(27-8-2)62(31-12-6)66-40-18-20-42-68(66)72/h7-12,14-25,33-36,38-51H,1-6,26-32,37H2. The summed E-state index contributed by atoms with van der Waals surface area (Å²) in [6.07, 6.45) is 19.2. The van der Waals surface area contributed by atoms with Crippen molar-refractivity contribution in [3.8, 4) is 23.0 Å². The van der Waals surface area contributed by atoms with Crippen LogP contribution < -0.4 is 18.9 Å². The van der Waals surface area contributed by atoms with Gasteiger partial charge >= 0.3 is 23.9 Å². The van der Waals surface area contributed by atoms with Crippen LogP contribution in [0.25, 0.3) is 43.1 Å². The second kappa shape index (κ2) is 27.6. The van der Waals surface area contributed by atoms with Gasteiger partial charge in [-0.2, -0.15) is 0 Å². The monoisotopic (exact) mass is 1140 g/mol. The van der Waals surface area contributed by atoms with Gasteiger partial charge < -0.3 is 18.9 Å². The number of carbonyl (C=O) groups is 4. The molecule has 0 aliphatic rings. The number of carbonyl (C=O) groups excluding carboxylic acids is 4. The van der Waals surface area contributed by atoms with Crippen molar-refractivity contribution in [2.75, 3.05) is 0 Å². The van der Waals surface area contributed by atoms with Gasteiger partial charge in [-0.25, -0.2) is 19.2 Å². The molecule has 0 aliphatic heterocycles. The van der Waals surface area contributed by atoms with E-state index in [1.165, 1.54) is 12.1 Å². The smallest absolute Gasteiger partial charge is 0.343 e. The van der Waals surface area contributed by atoms with E-state index in [-0.39, 0.29) is 22.3 Å². The summed E-state index contributed by atoms with van der Waals surface area (Å²) in [6.45, 7) is 23.8. The average molecular weight is 1140 g/mol. The first kappa shape index (κ1) is 59.2. The highest BCUT2D eigenvalue weighted by molar-refractivity contribution is 6.03. The summed E-state index contributed by atoms with van der Waals surface area (Å²) in [7, 11) is 0. The summed E-state index contributed by atoms with van der Waals surface area (Å²) in [6, 6.07) is 51.7.